The molecule has 0 aromatic heterocycles. The first-order chi connectivity index (χ1) is 7.68. The van der Waals surface area contributed by atoms with Gasteiger partial charge >= 0.3 is 0 Å². The second-order valence-corrected chi connectivity index (χ2v) is 5.01. The molecule has 2 rings (SSSR count). The molecule has 1 aromatic rings. The molecule has 1 aliphatic rings. The van der Waals surface area contributed by atoms with Crippen LogP contribution in [0.4, 0.5) is 0 Å². The van der Waals surface area contributed by atoms with E-state index in [0.717, 1.165) is 12.8 Å². The van der Waals surface area contributed by atoms with Gasteiger partial charge in [-0.15, -0.1) is 0 Å². The first kappa shape index (κ1) is 11.6. The van der Waals surface area contributed by atoms with E-state index >= 15 is 0 Å². The molecule has 1 aliphatic carbocycles. The maximum atomic E-state index is 9.77. The highest BCUT2D eigenvalue weighted by molar-refractivity contribution is 5.34. The van der Waals surface area contributed by atoms with Gasteiger partial charge in [-0.2, -0.15) is 0 Å². The number of aliphatic hydroxyl groups is 1. The molecule has 0 bridgehead atoms. The molecule has 1 aromatic carbocycles. The van der Waals surface area contributed by atoms with Gasteiger partial charge in [-0.1, -0.05) is 38.1 Å². The van der Waals surface area contributed by atoms with Crippen LogP contribution in [0.2, 0.25) is 0 Å². The molecule has 2 atom stereocenters. The molecule has 0 saturated heterocycles. The van der Waals surface area contributed by atoms with Crippen molar-refractivity contribution in [3.63, 3.8) is 0 Å². The van der Waals surface area contributed by atoms with Gasteiger partial charge in [-0.05, 0) is 29.9 Å². The van der Waals surface area contributed by atoms with Gasteiger partial charge in [-0.25, -0.2) is 0 Å². The second kappa shape index (κ2) is 4.98. The normalized spacial score (nSPS) is 21.1. The number of hydrogen-bond donors (Lipinski definition) is 2. The molecule has 16 heavy (non-hydrogen) atoms. The zero-order chi connectivity index (χ0) is 11.5. The van der Waals surface area contributed by atoms with E-state index in [4.69, 9.17) is 0 Å². The molecule has 2 nitrogen and oxygen atoms in total. The monoisotopic (exact) mass is 219 g/mol. The average molecular weight is 219 g/mol. The fraction of sp³-hybridized carbons (Fsp3) is 0.571. The molecule has 88 valence electrons. The molecule has 0 radical (unpaired) electrons. The summed E-state index contributed by atoms with van der Waals surface area (Å²) in [5, 5.41) is 13.2. The van der Waals surface area contributed by atoms with Gasteiger partial charge in [0.2, 0.25) is 0 Å². The summed E-state index contributed by atoms with van der Waals surface area (Å²) < 4.78 is 0. The standard InChI is InChI=1S/C14H21NO/c1-10(2)14(16)9-15-13-8-7-11-5-3-4-6-12(11)13/h3-6,10,13-16H,7-9H2,1-2H3. The third-order valence-corrected chi connectivity index (χ3v) is 3.48. The zero-order valence-electron chi connectivity index (χ0n) is 10.1. The van der Waals surface area contributed by atoms with E-state index in [-0.39, 0.29) is 6.10 Å². The largest absolute Gasteiger partial charge is 0.392 e. The highest BCUT2D eigenvalue weighted by atomic mass is 16.3. The first-order valence-corrected chi connectivity index (χ1v) is 6.17. The summed E-state index contributed by atoms with van der Waals surface area (Å²) in [6, 6.07) is 9.03. The van der Waals surface area contributed by atoms with Crippen molar-refractivity contribution in [1.82, 2.24) is 5.32 Å². The van der Waals surface area contributed by atoms with Gasteiger partial charge in [0.1, 0.15) is 0 Å². The first-order valence-electron chi connectivity index (χ1n) is 6.17. The van der Waals surface area contributed by atoms with Crippen LogP contribution in [0.15, 0.2) is 24.3 Å². The van der Waals surface area contributed by atoms with E-state index in [9.17, 15) is 5.11 Å². The van der Waals surface area contributed by atoms with Crippen LogP contribution in [-0.2, 0) is 6.42 Å². The minimum Gasteiger partial charge on any atom is -0.392 e. The highest BCUT2D eigenvalue weighted by Gasteiger charge is 2.22. The SMILES string of the molecule is CC(C)C(O)CNC1CCc2ccccc21. The molecule has 0 spiro atoms. The Labute approximate surface area is 97.7 Å². The Hall–Kier alpha value is -0.860. The molecule has 0 saturated carbocycles. The molecule has 2 heteroatoms. The van der Waals surface area contributed by atoms with Crippen molar-refractivity contribution < 1.29 is 5.11 Å². The van der Waals surface area contributed by atoms with Gasteiger partial charge in [0.15, 0.2) is 0 Å². The lowest BCUT2D eigenvalue weighted by atomic mass is 10.1. The van der Waals surface area contributed by atoms with Crippen LogP contribution in [0.1, 0.15) is 37.4 Å². The molecular formula is C14H21NO. The van der Waals surface area contributed by atoms with Crippen molar-refractivity contribution in [2.45, 2.75) is 38.8 Å². The van der Waals surface area contributed by atoms with Gasteiger partial charge < -0.3 is 10.4 Å². The third kappa shape index (κ3) is 2.45. The van der Waals surface area contributed by atoms with Crippen LogP contribution in [0, 0.1) is 5.92 Å². The van der Waals surface area contributed by atoms with Crippen molar-refractivity contribution in [3.05, 3.63) is 35.4 Å². The Morgan fingerprint density at radius 3 is 2.88 bits per heavy atom. The van der Waals surface area contributed by atoms with E-state index in [1.807, 2.05) is 0 Å². The summed E-state index contributed by atoms with van der Waals surface area (Å²) in [4.78, 5) is 0. The van der Waals surface area contributed by atoms with Crippen molar-refractivity contribution >= 4 is 0 Å². The summed E-state index contributed by atoms with van der Waals surface area (Å²) in [6.45, 7) is 4.79. The Balaban J connectivity index is 1.93. The van der Waals surface area contributed by atoms with Crippen molar-refractivity contribution in [1.29, 1.82) is 0 Å². The van der Waals surface area contributed by atoms with Crippen LogP contribution in [0.3, 0.4) is 0 Å². The lowest BCUT2D eigenvalue weighted by Gasteiger charge is -2.19. The Bertz CT molecular complexity index is 348. The molecule has 0 heterocycles. The Morgan fingerprint density at radius 1 is 1.38 bits per heavy atom. The van der Waals surface area contributed by atoms with Crippen molar-refractivity contribution in [3.8, 4) is 0 Å². The van der Waals surface area contributed by atoms with E-state index in [0.29, 0.717) is 18.5 Å². The third-order valence-electron chi connectivity index (χ3n) is 3.48. The van der Waals surface area contributed by atoms with E-state index in [2.05, 4.69) is 43.4 Å². The average Bonchev–Trinajstić information content (AvgIpc) is 2.69. The predicted molar refractivity (Wildman–Crippen MR) is 66.4 cm³/mol. The number of nitrogens with one attached hydrogen (secondary N) is 1. The molecule has 2 N–H and O–H groups in total. The molecular weight excluding hydrogens is 198 g/mol. The maximum absolute atomic E-state index is 9.77. The minimum absolute atomic E-state index is 0.243. The van der Waals surface area contributed by atoms with Crippen LogP contribution < -0.4 is 5.32 Å². The van der Waals surface area contributed by atoms with Crippen LogP contribution in [0.25, 0.3) is 0 Å². The number of aryl methyl sites for hydroxylation is 1. The van der Waals surface area contributed by atoms with Gasteiger partial charge in [-0.3, -0.25) is 0 Å². The molecule has 2 unspecified atom stereocenters. The van der Waals surface area contributed by atoms with E-state index in [1.54, 1.807) is 0 Å². The lowest BCUT2D eigenvalue weighted by molar-refractivity contribution is 0.120. The van der Waals surface area contributed by atoms with Gasteiger partial charge in [0.25, 0.3) is 0 Å². The van der Waals surface area contributed by atoms with Crippen LogP contribution in [-0.4, -0.2) is 17.8 Å². The summed E-state index contributed by atoms with van der Waals surface area (Å²) in [7, 11) is 0. The van der Waals surface area contributed by atoms with E-state index < -0.39 is 0 Å². The lowest BCUT2D eigenvalue weighted by Crippen LogP contribution is -2.32. The second-order valence-electron chi connectivity index (χ2n) is 5.01. The van der Waals surface area contributed by atoms with Crippen molar-refractivity contribution in [2.24, 2.45) is 5.92 Å². The van der Waals surface area contributed by atoms with Crippen LogP contribution >= 0.6 is 0 Å². The quantitative estimate of drug-likeness (QED) is 0.814. The number of aliphatic hydroxyl groups excluding tert-OH is 1. The maximum Gasteiger partial charge on any atom is 0.0687 e. The smallest absolute Gasteiger partial charge is 0.0687 e. The Kier molecular flexibility index (Phi) is 3.62. The number of fused-ring (bicyclic) bond motifs is 1. The minimum atomic E-state index is -0.243. The van der Waals surface area contributed by atoms with Gasteiger partial charge in [0, 0.05) is 12.6 Å². The fourth-order valence-electron chi connectivity index (χ4n) is 2.27. The number of rotatable bonds is 4. The van der Waals surface area contributed by atoms with E-state index in [1.165, 1.54) is 11.1 Å². The Morgan fingerprint density at radius 2 is 2.12 bits per heavy atom. The summed E-state index contributed by atoms with van der Waals surface area (Å²) in [6.07, 6.45) is 2.07. The number of benzene rings is 1. The molecule has 0 fully saturated rings. The zero-order valence-corrected chi connectivity index (χ0v) is 10.1. The topological polar surface area (TPSA) is 32.3 Å². The van der Waals surface area contributed by atoms with Gasteiger partial charge in [0.05, 0.1) is 6.10 Å². The summed E-state index contributed by atoms with van der Waals surface area (Å²) in [5.41, 5.74) is 2.87. The fourth-order valence-corrected chi connectivity index (χ4v) is 2.27. The molecule has 0 aliphatic heterocycles. The highest BCUT2D eigenvalue weighted by Crippen LogP contribution is 2.30. The predicted octanol–water partition coefficient (Wildman–Crippen LogP) is 2.28. The van der Waals surface area contributed by atoms with Crippen LogP contribution in [0.5, 0.6) is 0 Å². The molecule has 0 amide bonds. The number of hydrogen-bond acceptors (Lipinski definition) is 2. The summed E-state index contributed by atoms with van der Waals surface area (Å²) in [5.74, 6) is 0.323. The van der Waals surface area contributed by atoms with Crippen molar-refractivity contribution in [2.75, 3.05) is 6.54 Å². The summed E-state index contributed by atoms with van der Waals surface area (Å²) >= 11 is 0.